The highest BCUT2D eigenvalue weighted by molar-refractivity contribution is 5.79. The number of amides is 1. The standard InChI is InChI=1S/C15H18N2O3/c1-16(15(18)13-7-11-6-12(11)8-13)9-10-4-2-3-5-14(10)17(19)20/h2-5,11-13H,6-9H2,1H3. The fourth-order valence-electron chi connectivity index (χ4n) is 3.38. The van der Waals surface area contributed by atoms with Crippen molar-refractivity contribution in [2.75, 3.05) is 7.05 Å². The van der Waals surface area contributed by atoms with Gasteiger partial charge in [0.1, 0.15) is 0 Å². The number of hydrogen-bond acceptors (Lipinski definition) is 3. The van der Waals surface area contributed by atoms with Crippen LogP contribution < -0.4 is 0 Å². The fourth-order valence-corrected chi connectivity index (χ4v) is 3.38. The summed E-state index contributed by atoms with van der Waals surface area (Å²) in [7, 11) is 1.74. The molecule has 3 rings (SSSR count). The van der Waals surface area contributed by atoms with E-state index in [-0.39, 0.29) is 17.5 Å². The van der Waals surface area contributed by atoms with Gasteiger partial charge in [0.25, 0.3) is 5.69 Å². The van der Waals surface area contributed by atoms with Gasteiger partial charge >= 0.3 is 0 Å². The van der Waals surface area contributed by atoms with Crippen molar-refractivity contribution in [3.8, 4) is 0 Å². The zero-order valence-corrected chi connectivity index (χ0v) is 11.5. The second kappa shape index (κ2) is 4.89. The first-order valence-electron chi connectivity index (χ1n) is 7.03. The van der Waals surface area contributed by atoms with Crippen molar-refractivity contribution in [2.24, 2.45) is 17.8 Å². The number of rotatable bonds is 4. The topological polar surface area (TPSA) is 63.4 Å². The number of fused-ring (bicyclic) bond motifs is 1. The first-order chi connectivity index (χ1) is 9.56. The van der Waals surface area contributed by atoms with Crippen molar-refractivity contribution in [3.05, 3.63) is 39.9 Å². The molecule has 0 spiro atoms. The monoisotopic (exact) mass is 274 g/mol. The van der Waals surface area contributed by atoms with E-state index in [1.54, 1.807) is 30.1 Å². The summed E-state index contributed by atoms with van der Waals surface area (Å²) in [6.07, 6.45) is 3.30. The molecular weight excluding hydrogens is 256 g/mol. The molecule has 1 amide bonds. The average Bonchev–Trinajstić information content (AvgIpc) is 3.04. The summed E-state index contributed by atoms with van der Waals surface area (Å²) in [6, 6.07) is 6.62. The molecule has 0 saturated heterocycles. The van der Waals surface area contributed by atoms with Gasteiger partial charge in [-0.25, -0.2) is 0 Å². The van der Waals surface area contributed by atoms with Crippen molar-refractivity contribution in [2.45, 2.75) is 25.8 Å². The molecule has 2 fully saturated rings. The van der Waals surface area contributed by atoms with E-state index in [1.165, 1.54) is 12.5 Å². The molecule has 2 aliphatic rings. The predicted molar refractivity (Wildman–Crippen MR) is 73.9 cm³/mol. The Bertz CT molecular complexity index is 548. The Balaban J connectivity index is 1.67. The van der Waals surface area contributed by atoms with Crippen LogP contribution >= 0.6 is 0 Å². The Morgan fingerprint density at radius 3 is 2.60 bits per heavy atom. The molecule has 2 atom stereocenters. The van der Waals surface area contributed by atoms with E-state index in [2.05, 4.69) is 0 Å². The predicted octanol–water partition coefficient (Wildman–Crippen LogP) is 2.60. The second-order valence-electron chi connectivity index (χ2n) is 6.00. The number of carbonyl (C=O) groups is 1. The second-order valence-corrected chi connectivity index (χ2v) is 6.00. The number of benzene rings is 1. The van der Waals surface area contributed by atoms with Gasteiger partial charge in [-0.15, -0.1) is 0 Å². The van der Waals surface area contributed by atoms with Crippen LogP contribution in [0.15, 0.2) is 24.3 Å². The summed E-state index contributed by atoms with van der Waals surface area (Å²) in [5, 5.41) is 11.0. The molecule has 20 heavy (non-hydrogen) atoms. The molecule has 0 bridgehead atoms. The van der Waals surface area contributed by atoms with Crippen LogP contribution in [-0.4, -0.2) is 22.8 Å². The van der Waals surface area contributed by atoms with Gasteiger partial charge in [-0.05, 0) is 31.1 Å². The van der Waals surface area contributed by atoms with Crippen molar-refractivity contribution >= 4 is 11.6 Å². The molecule has 5 heteroatoms. The summed E-state index contributed by atoms with van der Waals surface area (Å²) in [5.74, 6) is 1.80. The fraction of sp³-hybridized carbons (Fsp3) is 0.533. The van der Waals surface area contributed by atoms with Crippen LogP contribution in [0.5, 0.6) is 0 Å². The normalized spacial score (nSPS) is 26.9. The highest BCUT2D eigenvalue weighted by Gasteiger charge is 2.48. The third-order valence-electron chi connectivity index (χ3n) is 4.56. The Kier molecular flexibility index (Phi) is 3.20. The third kappa shape index (κ3) is 2.40. The largest absolute Gasteiger partial charge is 0.341 e. The van der Waals surface area contributed by atoms with E-state index in [0.717, 1.165) is 24.7 Å². The van der Waals surface area contributed by atoms with Crippen molar-refractivity contribution in [1.82, 2.24) is 4.90 Å². The first-order valence-corrected chi connectivity index (χ1v) is 7.03. The Hall–Kier alpha value is -1.91. The zero-order chi connectivity index (χ0) is 14.3. The molecule has 0 aliphatic heterocycles. The summed E-state index contributed by atoms with van der Waals surface area (Å²) in [5.41, 5.74) is 0.679. The molecule has 5 nitrogen and oxygen atoms in total. The number of hydrogen-bond donors (Lipinski definition) is 0. The van der Waals surface area contributed by atoms with Gasteiger partial charge in [0.05, 0.1) is 11.5 Å². The maximum absolute atomic E-state index is 12.4. The van der Waals surface area contributed by atoms with Crippen molar-refractivity contribution in [3.63, 3.8) is 0 Å². The highest BCUT2D eigenvalue weighted by Crippen LogP contribution is 2.54. The minimum absolute atomic E-state index is 0.0846. The molecular formula is C15H18N2O3. The van der Waals surface area contributed by atoms with Gasteiger partial charge in [-0.3, -0.25) is 14.9 Å². The summed E-state index contributed by atoms with van der Waals surface area (Å²) in [4.78, 5) is 24.6. The molecule has 0 aromatic heterocycles. The van der Waals surface area contributed by atoms with Crippen LogP contribution in [0.3, 0.4) is 0 Å². The maximum Gasteiger partial charge on any atom is 0.274 e. The average molecular weight is 274 g/mol. The Morgan fingerprint density at radius 1 is 1.30 bits per heavy atom. The van der Waals surface area contributed by atoms with Crippen LogP contribution in [-0.2, 0) is 11.3 Å². The number of nitrogens with zero attached hydrogens (tertiary/aromatic N) is 2. The first kappa shape index (κ1) is 13.1. The molecule has 2 saturated carbocycles. The van der Waals surface area contributed by atoms with Crippen LogP contribution in [0.4, 0.5) is 5.69 Å². The number of nitro benzene ring substituents is 1. The minimum Gasteiger partial charge on any atom is -0.341 e. The van der Waals surface area contributed by atoms with Crippen LogP contribution in [0.1, 0.15) is 24.8 Å². The van der Waals surface area contributed by atoms with E-state index >= 15 is 0 Å². The quantitative estimate of drug-likeness (QED) is 0.626. The van der Waals surface area contributed by atoms with E-state index in [0.29, 0.717) is 12.1 Å². The van der Waals surface area contributed by atoms with Crippen molar-refractivity contribution in [1.29, 1.82) is 0 Å². The maximum atomic E-state index is 12.4. The van der Waals surface area contributed by atoms with E-state index in [9.17, 15) is 14.9 Å². The van der Waals surface area contributed by atoms with Gasteiger partial charge in [0.2, 0.25) is 5.91 Å². The molecule has 1 aromatic carbocycles. The lowest BCUT2D eigenvalue weighted by Gasteiger charge is -2.21. The van der Waals surface area contributed by atoms with Crippen LogP contribution in [0, 0.1) is 27.9 Å². The van der Waals surface area contributed by atoms with E-state index in [1.807, 2.05) is 0 Å². The molecule has 0 heterocycles. The minimum atomic E-state index is -0.390. The molecule has 2 unspecified atom stereocenters. The third-order valence-corrected chi connectivity index (χ3v) is 4.56. The van der Waals surface area contributed by atoms with Crippen LogP contribution in [0.25, 0.3) is 0 Å². The Morgan fingerprint density at radius 2 is 1.95 bits per heavy atom. The van der Waals surface area contributed by atoms with Gasteiger partial charge < -0.3 is 4.90 Å². The lowest BCUT2D eigenvalue weighted by Crippen LogP contribution is -2.32. The summed E-state index contributed by atoms with van der Waals surface area (Å²) in [6.45, 7) is 0.307. The zero-order valence-electron chi connectivity index (χ0n) is 11.5. The highest BCUT2D eigenvalue weighted by atomic mass is 16.6. The SMILES string of the molecule is CN(Cc1ccccc1[N+](=O)[O-])C(=O)C1CC2CC2C1. The van der Waals surface area contributed by atoms with Gasteiger partial charge in [0.15, 0.2) is 0 Å². The molecule has 106 valence electrons. The van der Waals surface area contributed by atoms with Crippen LogP contribution in [0.2, 0.25) is 0 Å². The van der Waals surface area contributed by atoms with Gasteiger partial charge in [-0.2, -0.15) is 0 Å². The lowest BCUT2D eigenvalue weighted by molar-refractivity contribution is -0.385. The van der Waals surface area contributed by atoms with E-state index < -0.39 is 4.92 Å². The Labute approximate surface area is 117 Å². The van der Waals surface area contributed by atoms with Gasteiger partial charge in [-0.1, -0.05) is 18.2 Å². The van der Waals surface area contributed by atoms with E-state index in [4.69, 9.17) is 0 Å². The molecule has 0 radical (unpaired) electrons. The number of carbonyl (C=O) groups excluding carboxylic acids is 1. The molecule has 0 N–H and O–H groups in total. The number of para-hydroxylation sites is 1. The summed E-state index contributed by atoms with van der Waals surface area (Å²) >= 11 is 0. The lowest BCUT2D eigenvalue weighted by atomic mass is 10.0. The van der Waals surface area contributed by atoms with Crippen molar-refractivity contribution < 1.29 is 9.72 Å². The van der Waals surface area contributed by atoms with Gasteiger partial charge in [0, 0.05) is 24.6 Å². The molecule has 2 aliphatic carbocycles. The molecule has 1 aromatic rings. The number of nitro groups is 1. The summed E-state index contributed by atoms with van der Waals surface area (Å²) < 4.78 is 0. The smallest absolute Gasteiger partial charge is 0.274 e.